The fourth-order valence-corrected chi connectivity index (χ4v) is 4.36. The normalized spacial score (nSPS) is 19.6. The predicted octanol–water partition coefficient (Wildman–Crippen LogP) is 3.85. The second-order valence-corrected chi connectivity index (χ2v) is 8.96. The molecule has 1 aromatic rings. The summed E-state index contributed by atoms with van der Waals surface area (Å²) < 4.78 is 0. The minimum Gasteiger partial charge on any atom is -0.372 e. The molecule has 1 heterocycles. The molecule has 1 unspecified atom stereocenters. The molecule has 1 saturated carbocycles. The Hall–Kier alpha value is -2.08. The van der Waals surface area contributed by atoms with Gasteiger partial charge in [-0.25, -0.2) is 0 Å². The van der Waals surface area contributed by atoms with E-state index in [9.17, 15) is 9.59 Å². The zero-order valence-electron chi connectivity index (χ0n) is 18.1. The van der Waals surface area contributed by atoms with Crippen molar-refractivity contribution >= 4 is 23.2 Å². The highest BCUT2D eigenvalue weighted by Crippen LogP contribution is 2.29. The van der Waals surface area contributed by atoms with Crippen molar-refractivity contribution in [1.82, 2.24) is 10.2 Å². The van der Waals surface area contributed by atoms with Gasteiger partial charge in [-0.05, 0) is 63.4 Å². The largest absolute Gasteiger partial charge is 0.372 e. The van der Waals surface area contributed by atoms with Gasteiger partial charge in [0.15, 0.2) is 0 Å². The molecule has 0 spiro atoms. The molecule has 29 heavy (non-hydrogen) atoms. The molecule has 0 bridgehead atoms. The van der Waals surface area contributed by atoms with Crippen molar-refractivity contribution in [2.45, 2.75) is 70.9 Å². The van der Waals surface area contributed by atoms with Crippen LogP contribution >= 0.6 is 0 Å². The standard InChI is InChI=1S/C23H36N4O2/c1-16(2)14-21-23(29)26-20-15-17(10-11-19(20)25-21)22(28)24-12-7-13-27(3)18-8-5-4-6-9-18/h10-11,15-16,18,21,25H,4-9,12-14H2,1-3H3,(H,24,28)(H,26,29). The number of benzene rings is 1. The van der Waals surface area contributed by atoms with E-state index in [2.05, 4.69) is 41.7 Å². The van der Waals surface area contributed by atoms with E-state index in [0.717, 1.165) is 25.1 Å². The summed E-state index contributed by atoms with van der Waals surface area (Å²) in [5.41, 5.74) is 2.13. The lowest BCUT2D eigenvalue weighted by molar-refractivity contribution is -0.117. The Bertz CT molecular complexity index is 713. The molecule has 0 radical (unpaired) electrons. The summed E-state index contributed by atoms with van der Waals surface area (Å²) in [6.07, 6.45) is 8.38. The molecule has 1 atom stereocenters. The first-order chi connectivity index (χ1) is 13.9. The van der Waals surface area contributed by atoms with Crippen LogP contribution in [0.5, 0.6) is 0 Å². The third kappa shape index (κ3) is 5.95. The van der Waals surface area contributed by atoms with Gasteiger partial charge in [0.2, 0.25) is 5.91 Å². The molecule has 2 aliphatic rings. The van der Waals surface area contributed by atoms with Gasteiger partial charge in [0.05, 0.1) is 11.4 Å². The van der Waals surface area contributed by atoms with Crippen LogP contribution in [0.4, 0.5) is 11.4 Å². The summed E-state index contributed by atoms with van der Waals surface area (Å²) in [5.74, 6) is 0.309. The van der Waals surface area contributed by atoms with Crippen molar-refractivity contribution < 1.29 is 9.59 Å². The highest BCUT2D eigenvalue weighted by Gasteiger charge is 2.26. The first kappa shape index (κ1) is 21.6. The van der Waals surface area contributed by atoms with E-state index in [4.69, 9.17) is 0 Å². The first-order valence-electron chi connectivity index (χ1n) is 11.1. The highest BCUT2D eigenvalue weighted by atomic mass is 16.2. The Morgan fingerprint density at radius 2 is 1.97 bits per heavy atom. The van der Waals surface area contributed by atoms with E-state index in [1.165, 1.54) is 32.1 Å². The minimum atomic E-state index is -0.219. The summed E-state index contributed by atoms with van der Waals surface area (Å²) in [6, 6.07) is 5.95. The van der Waals surface area contributed by atoms with Crippen molar-refractivity contribution in [3.8, 4) is 0 Å². The topological polar surface area (TPSA) is 73.5 Å². The fraction of sp³-hybridized carbons (Fsp3) is 0.652. The van der Waals surface area contributed by atoms with Crippen LogP contribution in [0.25, 0.3) is 0 Å². The lowest BCUT2D eigenvalue weighted by Crippen LogP contribution is -2.39. The van der Waals surface area contributed by atoms with E-state index in [0.29, 0.717) is 29.8 Å². The minimum absolute atomic E-state index is 0.0329. The molecular formula is C23H36N4O2. The van der Waals surface area contributed by atoms with E-state index < -0.39 is 0 Å². The molecule has 0 aromatic heterocycles. The molecule has 3 rings (SSSR count). The number of hydrogen-bond acceptors (Lipinski definition) is 4. The second-order valence-electron chi connectivity index (χ2n) is 8.96. The Morgan fingerprint density at radius 3 is 2.69 bits per heavy atom. The second kappa shape index (κ2) is 10.1. The van der Waals surface area contributed by atoms with Gasteiger partial charge in [0.1, 0.15) is 6.04 Å². The number of amides is 2. The lowest BCUT2D eigenvalue weighted by atomic mass is 9.94. The average molecular weight is 401 g/mol. The highest BCUT2D eigenvalue weighted by molar-refractivity contribution is 6.05. The molecule has 0 saturated heterocycles. The van der Waals surface area contributed by atoms with E-state index in [1.807, 2.05) is 12.1 Å². The third-order valence-corrected chi connectivity index (χ3v) is 6.06. The number of carbonyl (C=O) groups is 2. The van der Waals surface area contributed by atoms with Crippen LogP contribution in [0, 0.1) is 5.92 Å². The van der Waals surface area contributed by atoms with Crippen molar-refractivity contribution in [3.63, 3.8) is 0 Å². The zero-order valence-corrected chi connectivity index (χ0v) is 18.1. The fourth-order valence-electron chi connectivity index (χ4n) is 4.36. The molecule has 3 N–H and O–H groups in total. The van der Waals surface area contributed by atoms with Crippen LogP contribution in [0.15, 0.2) is 18.2 Å². The molecule has 1 aliphatic carbocycles. The summed E-state index contributed by atoms with van der Waals surface area (Å²) in [7, 11) is 2.20. The number of nitrogens with zero attached hydrogens (tertiary/aromatic N) is 1. The van der Waals surface area contributed by atoms with Crippen molar-refractivity contribution in [2.75, 3.05) is 30.8 Å². The smallest absolute Gasteiger partial charge is 0.251 e. The third-order valence-electron chi connectivity index (χ3n) is 6.06. The first-order valence-corrected chi connectivity index (χ1v) is 11.1. The summed E-state index contributed by atoms with van der Waals surface area (Å²) in [4.78, 5) is 27.3. The van der Waals surface area contributed by atoms with Crippen LogP contribution in [0.1, 0.15) is 69.2 Å². The van der Waals surface area contributed by atoms with Gasteiger partial charge in [0, 0.05) is 18.2 Å². The average Bonchev–Trinajstić information content (AvgIpc) is 2.71. The predicted molar refractivity (Wildman–Crippen MR) is 118 cm³/mol. The Morgan fingerprint density at radius 1 is 1.21 bits per heavy atom. The van der Waals surface area contributed by atoms with Gasteiger partial charge >= 0.3 is 0 Å². The molecule has 6 nitrogen and oxygen atoms in total. The van der Waals surface area contributed by atoms with Crippen LogP contribution in [-0.2, 0) is 4.79 Å². The van der Waals surface area contributed by atoms with Gasteiger partial charge in [0.25, 0.3) is 5.91 Å². The zero-order chi connectivity index (χ0) is 20.8. The summed E-state index contributed by atoms with van der Waals surface area (Å²) >= 11 is 0. The molecule has 1 aromatic carbocycles. The molecule has 1 fully saturated rings. The number of nitrogens with one attached hydrogen (secondary N) is 3. The monoisotopic (exact) mass is 400 g/mol. The quantitative estimate of drug-likeness (QED) is 0.580. The Kier molecular flexibility index (Phi) is 7.53. The van der Waals surface area contributed by atoms with Crippen LogP contribution < -0.4 is 16.0 Å². The van der Waals surface area contributed by atoms with E-state index in [-0.39, 0.29) is 17.9 Å². The maximum absolute atomic E-state index is 12.5. The number of carbonyl (C=O) groups excluding carboxylic acids is 2. The molecular weight excluding hydrogens is 364 g/mol. The maximum Gasteiger partial charge on any atom is 0.251 e. The number of rotatable bonds is 8. The maximum atomic E-state index is 12.5. The van der Waals surface area contributed by atoms with Gasteiger partial charge in [-0.2, -0.15) is 0 Å². The molecule has 160 valence electrons. The lowest BCUT2D eigenvalue weighted by Gasteiger charge is -2.31. The summed E-state index contributed by atoms with van der Waals surface area (Å²) in [5, 5.41) is 9.24. The van der Waals surface area contributed by atoms with Crippen molar-refractivity contribution in [3.05, 3.63) is 23.8 Å². The van der Waals surface area contributed by atoms with Gasteiger partial charge in [-0.1, -0.05) is 33.1 Å². The van der Waals surface area contributed by atoms with Gasteiger partial charge < -0.3 is 20.9 Å². The molecule has 2 amide bonds. The summed E-state index contributed by atoms with van der Waals surface area (Å²) in [6.45, 7) is 5.87. The molecule has 6 heteroatoms. The van der Waals surface area contributed by atoms with Crippen LogP contribution in [-0.4, -0.2) is 48.9 Å². The number of fused-ring (bicyclic) bond motifs is 1. The van der Waals surface area contributed by atoms with Crippen molar-refractivity contribution in [1.29, 1.82) is 0 Å². The Balaban J connectivity index is 1.47. The number of anilines is 2. The van der Waals surface area contributed by atoms with Crippen molar-refractivity contribution in [2.24, 2.45) is 5.92 Å². The van der Waals surface area contributed by atoms with Gasteiger partial charge in [-0.15, -0.1) is 0 Å². The van der Waals surface area contributed by atoms with Crippen LogP contribution in [0.2, 0.25) is 0 Å². The Labute approximate surface area is 174 Å². The van der Waals surface area contributed by atoms with Crippen LogP contribution in [0.3, 0.4) is 0 Å². The van der Waals surface area contributed by atoms with Gasteiger partial charge in [-0.3, -0.25) is 9.59 Å². The molecule has 1 aliphatic heterocycles. The van der Waals surface area contributed by atoms with E-state index >= 15 is 0 Å². The number of hydrogen-bond donors (Lipinski definition) is 3. The van der Waals surface area contributed by atoms with E-state index in [1.54, 1.807) is 6.07 Å². The SMILES string of the molecule is CC(C)CC1Nc2ccc(C(=O)NCCCN(C)C3CCCCC3)cc2NC1=O.